The van der Waals surface area contributed by atoms with Crippen LogP contribution in [0, 0.1) is 6.92 Å². The number of methoxy groups -OCH3 is 1. The summed E-state index contributed by atoms with van der Waals surface area (Å²) >= 11 is 0. The smallest absolute Gasteiger partial charge is 0.248 e. The van der Waals surface area contributed by atoms with Crippen LogP contribution in [-0.2, 0) is 4.79 Å². The second kappa shape index (κ2) is 8.05. The van der Waals surface area contributed by atoms with Gasteiger partial charge in [0.1, 0.15) is 19.0 Å². The number of amides is 1. The number of carbonyl (C=O) groups is 1. The first kappa shape index (κ1) is 18.5. The summed E-state index contributed by atoms with van der Waals surface area (Å²) in [6.07, 6.45) is 3.15. The van der Waals surface area contributed by atoms with Gasteiger partial charge in [0.15, 0.2) is 17.3 Å². The average Bonchev–Trinajstić information content (AvgIpc) is 3.18. The standard InChI is InChI=1S/C21H20N4O4/c1-13-22-21(25-24-13)15-4-3-5-16(12-15)23-19(26)7-6-14-10-17(27-2)20-18(11-14)28-8-9-29-20/h3-7,10-12H,8-9H2,1-2H3,(H,23,26)(H,22,24,25)/b7-6+. The van der Waals surface area contributed by atoms with Gasteiger partial charge in [-0.1, -0.05) is 12.1 Å². The quantitative estimate of drug-likeness (QED) is 0.647. The lowest BCUT2D eigenvalue weighted by molar-refractivity contribution is -0.111. The molecular weight excluding hydrogens is 372 g/mol. The maximum Gasteiger partial charge on any atom is 0.248 e. The summed E-state index contributed by atoms with van der Waals surface area (Å²) < 4.78 is 16.6. The summed E-state index contributed by atoms with van der Waals surface area (Å²) in [4.78, 5) is 16.7. The van der Waals surface area contributed by atoms with Crippen LogP contribution in [0.3, 0.4) is 0 Å². The number of aryl methyl sites for hydroxylation is 1. The number of nitrogens with zero attached hydrogens (tertiary/aromatic N) is 2. The van der Waals surface area contributed by atoms with Crippen LogP contribution >= 0.6 is 0 Å². The molecular formula is C21H20N4O4. The van der Waals surface area contributed by atoms with Crippen molar-refractivity contribution in [3.05, 3.63) is 53.9 Å². The monoisotopic (exact) mass is 392 g/mol. The van der Waals surface area contributed by atoms with Gasteiger partial charge in [0.25, 0.3) is 0 Å². The number of hydrogen-bond donors (Lipinski definition) is 2. The van der Waals surface area contributed by atoms with Crippen LogP contribution in [0.2, 0.25) is 0 Å². The van der Waals surface area contributed by atoms with Gasteiger partial charge in [-0.15, -0.1) is 0 Å². The Kier molecular flexibility index (Phi) is 5.15. The van der Waals surface area contributed by atoms with Crippen LogP contribution in [-0.4, -0.2) is 41.4 Å². The third-order valence-electron chi connectivity index (χ3n) is 4.26. The molecule has 0 fully saturated rings. The van der Waals surface area contributed by atoms with E-state index in [-0.39, 0.29) is 5.91 Å². The molecule has 0 unspecified atom stereocenters. The number of benzene rings is 2. The van der Waals surface area contributed by atoms with E-state index in [0.717, 1.165) is 17.0 Å². The van der Waals surface area contributed by atoms with Crippen LogP contribution in [0.4, 0.5) is 5.69 Å². The fourth-order valence-electron chi connectivity index (χ4n) is 2.95. The number of aromatic amines is 1. The number of H-pyrrole nitrogens is 1. The summed E-state index contributed by atoms with van der Waals surface area (Å²) in [7, 11) is 1.57. The van der Waals surface area contributed by atoms with Crippen molar-refractivity contribution in [2.45, 2.75) is 6.92 Å². The molecule has 0 spiro atoms. The van der Waals surface area contributed by atoms with Crippen molar-refractivity contribution in [3.63, 3.8) is 0 Å². The van der Waals surface area contributed by atoms with E-state index in [0.29, 0.717) is 42.0 Å². The largest absolute Gasteiger partial charge is 0.493 e. The Morgan fingerprint density at radius 1 is 1.24 bits per heavy atom. The second-order valence-corrected chi connectivity index (χ2v) is 6.40. The van der Waals surface area contributed by atoms with Gasteiger partial charge in [-0.2, -0.15) is 5.10 Å². The van der Waals surface area contributed by atoms with Crippen molar-refractivity contribution in [2.24, 2.45) is 0 Å². The Labute approximate surface area is 167 Å². The summed E-state index contributed by atoms with van der Waals surface area (Å²) in [5, 5.41) is 9.79. The van der Waals surface area contributed by atoms with Gasteiger partial charge in [-0.3, -0.25) is 9.89 Å². The molecule has 2 N–H and O–H groups in total. The van der Waals surface area contributed by atoms with E-state index in [1.165, 1.54) is 6.08 Å². The minimum absolute atomic E-state index is 0.262. The highest BCUT2D eigenvalue weighted by Crippen LogP contribution is 2.40. The van der Waals surface area contributed by atoms with E-state index in [2.05, 4.69) is 20.5 Å². The third-order valence-corrected chi connectivity index (χ3v) is 4.26. The zero-order valence-corrected chi connectivity index (χ0v) is 16.1. The highest BCUT2D eigenvalue weighted by atomic mass is 16.6. The number of carbonyl (C=O) groups excluding carboxylic acids is 1. The summed E-state index contributed by atoms with van der Waals surface area (Å²) in [5.41, 5.74) is 2.23. The molecule has 0 radical (unpaired) electrons. The van der Waals surface area contributed by atoms with Crippen LogP contribution in [0.5, 0.6) is 17.2 Å². The molecule has 3 aromatic rings. The SMILES string of the molecule is COc1cc(/C=C/C(=O)Nc2cccc(-c3n[nH]c(C)n3)c2)cc2c1OCCO2. The number of aromatic nitrogens is 3. The summed E-state index contributed by atoms with van der Waals surface area (Å²) in [6.45, 7) is 2.79. The first-order chi connectivity index (χ1) is 14.1. The summed E-state index contributed by atoms with van der Waals surface area (Å²) in [6, 6.07) is 11.0. The third kappa shape index (κ3) is 4.21. The molecule has 148 valence electrons. The molecule has 0 saturated carbocycles. The highest BCUT2D eigenvalue weighted by Gasteiger charge is 2.17. The topological polar surface area (TPSA) is 98.4 Å². The first-order valence-electron chi connectivity index (χ1n) is 9.08. The van der Waals surface area contributed by atoms with E-state index in [1.54, 1.807) is 19.3 Å². The van der Waals surface area contributed by atoms with Gasteiger partial charge >= 0.3 is 0 Å². The number of fused-ring (bicyclic) bond motifs is 1. The Morgan fingerprint density at radius 3 is 2.90 bits per heavy atom. The summed E-state index contributed by atoms with van der Waals surface area (Å²) in [5.74, 6) is 2.80. The Hall–Kier alpha value is -3.81. The van der Waals surface area contributed by atoms with E-state index >= 15 is 0 Å². The van der Waals surface area contributed by atoms with Crippen molar-refractivity contribution in [3.8, 4) is 28.6 Å². The fraction of sp³-hybridized carbons (Fsp3) is 0.190. The maximum atomic E-state index is 12.4. The molecule has 1 aromatic heterocycles. The molecule has 4 rings (SSSR count). The zero-order valence-electron chi connectivity index (χ0n) is 16.1. The Bertz CT molecular complexity index is 1060. The van der Waals surface area contributed by atoms with Crippen molar-refractivity contribution in [2.75, 3.05) is 25.6 Å². The van der Waals surface area contributed by atoms with Gasteiger partial charge in [-0.05, 0) is 42.8 Å². The van der Waals surface area contributed by atoms with Crippen molar-refractivity contribution in [1.29, 1.82) is 0 Å². The van der Waals surface area contributed by atoms with Gasteiger partial charge in [0.05, 0.1) is 7.11 Å². The minimum Gasteiger partial charge on any atom is -0.493 e. The molecule has 0 atom stereocenters. The van der Waals surface area contributed by atoms with Crippen LogP contribution in [0.15, 0.2) is 42.5 Å². The average molecular weight is 392 g/mol. The second-order valence-electron chi connectivity index (χ2n) is 6.40. The Balaban J connectivity index is 1.48. The van der Waals surface area contributed by atoms with E-state index in [4.69, 9.17) is 14.2 Å². The van der Waals surface area contributed by atoms with Crippen LogP contribution in [0.25, 0.3) is 17.5 Å². The molecule has 8 nitrogen and oxygen atoms in total. The molecule has 0 bridgehead atoms. The first-order valence-corrected chi connectivity index (χ1v) is 9.08. The maximum absolute atomic E-state index is 12.4. The molecule has 1 amide bonds. The normalized spacial score (nSPS) is 12.8. The van der Waals surface area contributed by atoms with Crippen LogP contribution < -0.4 is 19.5 Å². The van der Waals surface area contributed by atoms with Gasteiger partial charge in [0.2, 0.25) is 11.7 Å². The number of rotatable bonds is 5. The molecule has 0 saturated heterocycles. The molecule has 2 heterocycles. The predicted octanol–water partition coefficient (Wildman–Crippen LogP) is 3.21. The molecule has 0 aliphatic carbocycles. The molecule has 8 heteroatoms. The zero-order chi connectivity index (χ0) is 20.2. The number of ether oxygens (including phenoxy) is 3. The molecule has 1 aliphatic heterocycles. The van der Waals surface area contributed by atoms with Crippen molar-refractivity contribution >= 4 is 17.7 Å². The van der Waals surface area contributed by atoms with Crippen molar-refractivity contribution in [1.82, 2.24) is 15.2 Å². The van der Waals surface area contributed by atoms with Gasteiger partial charge in [-0.25, -0.2) is 4.98 Å². The number of hydrogen-bond acceptors (Lipinski definition) is 6. The van der Waals surface area contributed by atoms with E-state index in [1.807, 2.05) is 37.3 Å². The van der Waals surface area contributed by atoms with Gasteiger partial charge in [0, 0.05) is 17.3 Å². The molecule has 2 aromatic carbocycles. The lowest BCUT2D eigenvalue weighted by Crippen LogP contribution is -2.16. The van der Waals surface area contributed by atoms with Crippen LogP contribution in [0.1, 0.15) is 11.4 Å². The predicted molar refractivity (Wildman–Crippen MR) is 108 cm³/mol. The van der Waals surface area contributed by atoms with E-state index < -0.39 is 0 Å². The molecule has 29 heavy (non-hydrogen) atoms. The minimum atomic E-state index is -0.262. The lowest BCUT2D eigenvalue weighted by atomic mass is 10.1. The van der Waals surface area contributed by atoms with Crippen molar-refractivity contribution < 1.29 is 19.0 Å². The fourth-order valence-corrected chi connectivity index (χ4v) is 2.95. The highest BCUT2D eigenvalue weighted by molar-refractivity contribution is 6.02. The van der Waals surface area contributed by atoms with E-state index in [9.17, 15) is 4.79 Å². The lowest BCUT2D eigenvalue weighted by Gasteiger charge is -2.20. The van der Waals surface area contributed by atoms with Gasteiger partial charge < -0.3 is 19.5 Å². The molecule has 1 aliphatic rings. The number of nitrogens with one attached hydrogen (secondary N) is 2. The Morgan fingerprint density at radius 2 is 2.10 bits per heavy atom. The number of anilines is 1.